The summed E-state index contributed by atoms with van der Waals surface area (Å²) < 4.78 is 0. The lowest BCUT2D eigenvalue weighted by Crippen LogP contribution is -1.99. The van der Waals surface area contributed by atoms with Gasteiger partial charge in [0.15, 0.2) is 0 Å². The molecule has 0 atom stereocenters. The molecule has 0 unspecified atom stereocenters. The molecule has 0 saturated heterocycles. The zero-order valence-corrected chi connectivity index (χ0v) is 12.1. The molecule has 0 aliphatic heterocycles. The maximum Gasteiger partial charge on any atom is 0.123 e. The summed E-state index contributed by atoms with van der Waals surface area (Å²) in [6.45, 7) is 8.88. The Morgan fingerprint density at radius 2 is 1.42 bits per heavy atom. The molecule has 0 bridgehead atoms. The standard InChI is InChI=1S/C18H22O/c1-12(2)15-10-9-14(11-17(15)13(3)4)16-7-5-6-8-18(16)19/h5-13,19H,1-4H3. The summed E-state index contributed by atoms with van der Waals surface area (Å²) in [6, 6.07) is 14.0. The van der Waals surface area contributed by atoms with E-state index in [0.717, 1.165) is 11.1 Å². The highest BCUT2D eigenvalue weighted by molar-refractivity contribution is 5.71. The van der Waals surface area contributed by atoms with Gasteiger partial charge in [-0.1, -0.05) is 64.1 Å². The normalized spacial score (nSPS) is 11.3. The minimum absolute atomic E-state index is 0.342. The van der Waals surface area contributed by atoms with Crippen molar-refractivity contribution < 1.29 is 5.11 Å². The first-order chi connectivity index (χ1) is 9.00. The van der Waals surface area contributed by atoms with Crippen LogP contribution in [0, 0.1) is 0 Å². The second-order valence-corrected chi connectivity index (χ2v) is 5.67. The summed E-state index contributed by atoms with van der Waals surface area (Å²) in [4.78, 5) is 0. The van der Waals surface area contributed by atoms with E-state index in [1.807, 2.05) is 18.2 Å². The molecule has 0 spiro atoms. The van der Waals surface area contributed by atoms with Gasteiger partial charge in [0.05, 0.1) is 0 Å². The predicted octanol–water partition coefficient (Wildman–Crippen LogP) is 5.31. The molecule has 1 heteroatoms. The van der Waals surface area contributed by atoms with Crippen LogP contribution in [-0.2, 0) is 0 Å². The van der Waals surface area contributed by atoms with E-state index < -0.39 is 0 Å². The molecule has 0 aromatic heterocycles. The number of aromatic hydroxyl groups is 1. The zero-order chi connectivity index (χ0) is 14.0. The minimum Gasteiger partial charge on any atom is -0.507 e. The molecule has 0 saturated carbocycles. The lowest BCUT2D eigenvalue weighted by atomic mass is 9.88. The van der Waals surface area contributed by atoms with Gasteiger partial charge in [-0.3, -0.25) is 0 Å². The molecule has 2 rings (SSSR count). The average molecular weight is 254 g/mol. The van der Waals surface area contributed by atoms with Crippen molar-refractivity contribution in [1.82, 2.24) is 0 Å². The third kappa shape index (κ3) is 2.81. The van der Waals surface area contributed by atoms with Crippen LogP contribution < -0.4 is 0 Å². The van der Waals surface area contributed by atoms with Gasteiger partial charge in [-0.25, -0.2) is 0 Å². The van der Waals surface area contributed by atoms with Gasteiger partial charge >= 0.3 is 0 Å². The van der Waals surface area contributed by atoms with Gasteiger partial charge in [0.25, 0.3) is 0 Å². The van der Waals surface area contributed by atoms with Crippen LogP contribution in [0.2, 0.25) is 0 Å². The second-order valence-electron chi connectivity index (χ2n) is 5.67. The lowest BCUT2D eigenvalue weighted by Gasteiger charge is -2.17. The second kappa shape index (κ2) is 5.48. The van der Waals surface area contributed by atoms with Crippen molar-refractivity contribution >= 4 is 0 Å². The fraction of sp³-hybridized carbons (Fsp3) is 0.333. The fourth-order valence-corrected chi connectivity index (χ4v) is 2.49. The maximum atomic E-state index is 9.97. The molecule has 0 heterocycles. The van der Waals surface area contributed by atoms with Gasteiger partial charge < -0.3 is 5.11 Å². The van der Waals surface area contributed by atoms with Crippen LogP contribution in [0.5, 0.6) is 5.75 Å². The van der Waals surface area contributed by atoms with Crippen molar-refractivity contribution in [3.8, 4) is 16.9 Å². The maximum absolute atomic E-state index is 9.97. The van der Waals surface area contributed by atoms with E-state index in [-0.39, 0.29) is 0 Å². The topological polar surface area (TPSA) is 20.2 Å². The SMILES string of the molecule is CC(C)c1ccc(-c2ccccc2O)cc1C(C)C. The van der Waals surface area contributed by atoms with E-state index in [0.29, 0.717) is 17.6 Å². The minimum atomic E-state index is 0.342. The third-order valence-corrected chi connectivity index (χ3v) is 3.55. The lowest BCUT2D eigenvalue weighted by molar-refractivity contribution is 0.477. The molecule has 2 aromatic rings. The largest absolute Gasteiger partial charge is 0.507 e. The summed E-state index contributed by atoms with van der Waals surface area (Å²) in [5.41, 5.74) is 4.76. The number of para-hydroxylation sites is 1. The quantitative estimate of drug-likeness (QED) is 0.787. The van der Waals surface area contributed by atoms with E-state index in [4.69, 9.17) is 0 Å². The molecule has 1 N–H and O–H groups in total. The Balaban J connectivity index is 2.56. The zero-order valence-electron chi connectivity index (χ0n) is 12.1. The number of hydrogen-bond donors (Lipinski definition) is 1. The first-order valence-corrected chi connectivity index (χ1v) is 6.93. The third-order valence-electron chi connectivity index (χ3n) is 3.55. The molecule has 2 aromatic carbocycles. The molecule has 19 heavy (non-hydrogen) atoms. The van der Waals surface area contributed by atoms with Gasteiger partial charge in [-0.05, 0) is 34.6 Å². The summed E-state index contributed by atoms with van der Waals surface area (Å²) in [6.07, 6.45) is 0. The van der Waals surface area contributed by atoms with E-state index in [1.165, 1.54) is 11.1 Å². The summed E-state index contributed by atoms with van der Waals surface area (Å²) >= 11 is 0. The molecule has 1 nitrogen and oxygen atoms in total. The summed E-state index contributed by atoms with van der Waals surface area (Å²) in [5.74, 6) is 1.36. The van der Waals surface area contributed by atoms with Crippen LogP contribution >= 0.6 is 0 Å². The fourth-order valence-electron chi connectivity index (χ4n) is 2.49. The van der Waals surface area contributed by atoms with Crippen LogP contribution in [0.25, 0.3) is 11.1 Å². The number of hydrogen-bond acceptors (Lipinski definition) is 1. The molecule has 100 valence electrons. The van der Waals surface area contributed by atoms with Crippen LogP contribution in [0.4, 0.5) is 0 Å². The van der Waals surface area contributed by atoms with Crippen molar-refractivity contribution in [2.45, 2.75) is 39.5 Å². The number of phenolic OH excluding ortho intramolecular Hbond substituents is 1. The predicted molar refractivity (Wildman–Crippen MR) is 81.7 cm³/mol. The van der Waals surface area contributed by atoms with Gasteiger partial charge in [-0.2, -0.15) is 0 Å². The Hall–Kier alpha value is -1.76. The van der Waals surface area contributed by atoms with Gasteiger partial charge in [-0.15, -0.1) is 0 Å². The molecular formula is C18H22O. The monoisotopic (exact) mass is 254 g/mol. The van der Waals surface area contributed by atoms with Crippen LogP contribution in [-0.4, -0.2) is 5.11 Å². The highest BCUT2D eigenvalue weighted by atomic mass is 16.3. The Bertz CT molecular complexity index is 568. The van der Waals surface area contributed by atoms with Crippen LogP contribution in [0.1, 0.15) is 50.7 Å². The number of benzene rings is 2. The summed E-state index contributed by atoms with van der Waals surface area (Å²) in [7, 11) is 0. The van der Waals surface area contributed by atoms with E-state index >= 15 is 0 Å². The van der Waals surface area contributed by atoms with Crippen molar-refractivity contribution in [3.05, 3.63) is 53.6 Å². The van der Waals surface area contributed by atoms with Crippen LogP contribution in [0.15, 0.2) is 42.5 Å². The Kier molecular flexibility index (Phi) is 3.94. The number of phenols is 1. The highest BCUT2D eigenvalue weighted by Gasteiger charge is 2.12. The molecule has 0 radical (unpaired) electrons. The number of rotatable bonds is 3. The summed E-state index contributed by atoms with van der Waals surface area (Å²) in [5, 5.41) is 9.97. The van der Waals surface area contributed by atoms with Gasteiger partial charge in [0.2, 0.25) is 0 Å². The average Bonchev–Trinajstić information content (AvgIpc) is 2.38. The van der Waals surface area contributed by atoms with Gasteiger partial charge in [0, 0.05) is 5.56 Å². The first-order valence-electron chi connectivity index (χ1n) is 6.93. The Morgan fingerprint density at radius 1 is 0.789 bits per heavy atom. The van der Waals surface area contributed by atoms with Crippen molar-refractivity contribution in [3.63, 3.8) is 0 Å². The van der Waals surface area contributed by atoms with Crippen LogP contribution in [0.3, 0.4) is 0 Å². The van der Waals surface area contributed by atoms with Crippen molar-refractivity contribution in [1.29, 1.82) is 0 Å². The molecule has 0 aliphatic rings. The van der Waals surface area contributed by atoms with E-state index in [2.05, 4.69) is 45.9 Å². The Morgan fingerprint density at radius 3 is 2.00 bits per heavy atom. The van der Waals surface area contributed by atoms with Gasteiger partial charge in [0.1, 0.15) is 5.75 Å². The van der Waals surface area contributed by atoms with Crippen molar-refractivity contribution in [2.24, 2.45) is 0 Å². The Labute approximate surface area is 115 Å². The van der Waals surface area contributed by atoms with E-state index in [1.54, 1.807) is 6.07 Å². The first kappa shape index (κ1) is 13.7. The van der Waals surface area contributed by atoms with Crippen molar-refractivity contribution in [2.75, 3.05) is 0 Å². The smallest absolute Gasteiger partial charge is 0.123 e. The molecule has 0 amide bonds. The molecular weight excluding hydrogens is 232 g/mol. The van der Waals surface area contributed by atoms with E-state index in [9.17, 15) is 5.11 Å². The molecule has 0 aliphatic carbocycles. The highest BCUT2D eigenvalue weighted by Crippen LogP contribution is 2.34. The molecule has 0 fully saturated rings.